The van der Waals surface area contributed by atoms with Crippen molar-refractivity contribution in [2.75, 3.05) is 23.8 Å². The molecule has 4 N–H and O–H groups in total. The van der Waals surface area contributed by atoms with Crippen molar-refractivity contribution in [2.45, 2.75) is 32.5 Å². The molecular formula is C14H22N2O4. The van der Waals surface area contributed by atoms with Crippen molar-refractivity contribution in [1.82, 2.24) is 0 Å². The number of anilines is 2. The predicted octanol–water partition coefficient (Wildman–Crippen LogP) is 1.80. The van der Waals surface area contributed by atoms with Crippen molar-refractivity contribution < 1.29 is 19.7 Å². The van der Waals surface area contributed by atoms with Crippen molar-refractivity contribution in [2.24, 2.45) is 0 Å². The molecule has 0 saturated carbocycles. The van der Waals surface area contributed by atoms with Gasteiger partial charge in [-0.25, -0.2) is 4.79 Å². The fourth-order valence-electron chi connectivity index (χ4n) is 1.43. The average Bonchev–Trinajstić information content (AvgIpc) is 2.34. The zero-order valence-corrected chi connectivity index (χ0v) is 12.0. The van der Waals surface area contributed by atoms with Gasteiger partial charge in [-0.1, -0.05) is 6.07 Å². The number of carbonyl (C=O) groups excluding carboxylic acids is 1. The van der Waals surface area contributed by atoms with Crippen LogP contribution in [0, 0.1) is 0 Å². The number of carbonyl (C=O) groups is 1. The Morgan fingerprint density at radius 2 is 2.00 bits per heavy atom. The fourth-order valence-corrected chi connectivity index (χ4v) is 1.43. The molecule has 1 aromatic rings. The molecule has 0 radical (unpaired) electrons. The third kappa shape index (κ3) is 6.40. The van der Waals surface area contributed by atoms with Crippen molar-refractivity contribution in [1.29, 1.82) is 0 Å². The molecule has 6 heteroatoms. The Morgan fingerprint density at radius 1 is 1.35 bits per heavy atom. The lowest BCUT2D eigenvalue weighted by Crippen LogP contribution is -2.27. The summed E-state index contributed by atoms with van der Waals surface area (Å²) in [4.78, 5) is 11.6. The van der Waals surface area contributed by atoms with E-state index in [9.17, 15) is 9.90 Å². The summed E-state index contributed by atoms with van der Waals surface area (Å²) < 4.78 is 5.15. The van der Waals surface area contributed by atoms with Gasteiger partial charge in [-0.05, 0) is 39.0 Å². The molecule has 0 aromatic heterocycles. The highest BCUT2D eigenvalue weighted by Crippen LogP contribution is 2.16. The Morgan fingerprint density at radius 3 is 2.60 bits per heavy atom. The highest BCUT2D eigenvalue weighted by atomic mass is 16.6. The summed E-state index contributed by atoms with van der Waals surface area (Å²) in [7, 11) is 0. The molecule has 0 aliphatic rings. The minimum absolute atomic E-state index is 0.229. The second-order valence-corrected chi connectivity index (χ2v) is 5.42. The molecule has 0 aliphatic heterocycles. The van der Waals surface area contributed by atoms with E-state index >= 15 is 0 Å². The molecule has 0 aliphatic carbocycles. The summed E-state index contributed by atoms with van der Waals surface area (Å²) in [6.45, 7) is 5.30. The molecular weight excluding hydrogens is 260 g/mol. The second kappa shape index (κ2) is 7.12. The number of benzene rings is 1. The Kier molecular flexibility index (Phi) is 5.79. The van der Waals surface area contributed by atoms with Gasteiger partial charge >= 0.3 is 6.09 Å². The Labute approximate surface area is 118 Å². The van der Waals surface area contributed by atoms with E-state index in [1.54, 1.807) is 45.0 Å². The summed E-state index contributed by atoms with van der Waals surface area (Å²) in [5.41, 5.74) is 0.763. The maximum atomic E-state index is 11.6. The molecule has 1 amide bonds. The standard InChI is InChI=1S/C14H22N2O4/c1-14(2,3)20-13(19)16-11-6-4-5-10(7-11)15-8-12(18)9-17/h4-7,12,15,17-18H,8-9H2,1-3H3,(H,16,19). The van der Waals surface area contributed by atoms with Gasteiger partial charge in [0.2, 0.25) is 0 Å². The van der Waals surface area contributed by atoms with Crippen LogP contribution < -0.4 is 10.6 Å². The molecule has 1 atom stereocenters. The van der Waals surface area contributed by atoms with Crippen LogP contribution >= 0.6 is 0 Å². The van der Waals surface area contributed by atoms with Crippen LogP contribution in [0.4, 0.5) is 16.2 Å². The molecule has 0 spiro atoms. The van der Waals surface area contributed by atoms with Gasteiger partial charge in [0, 0.05) is 17.9 Å². The van der Waals surface area contributed by atoms with Gasteiger partial charge in [0.15, 0.2) is 0 Å². The van der Waals surface area contributed by atoms with Gasteiger partial charge < -0.3 is 20.3 Å². The van der Waals surface area contributed by atoms with Crippen LogP contribution in [-0.4, -0.2) is 41.2 Å². The number of rotatable bonds is 5. The van der Waals surface area contributed by atoms with E-state index in [1.165, 1.54) is 0 Å². The fraction of sp³-hybridized carbons (Fsp3) is 0.500. The van der Waals surface area contributed by atoms with E-state index in [1.807, 2.05) is 0 Å². The zero-order chi connectivity index (χ0) is 15.2. The van der Waals surface area contributed by atoms with Crippen LogP contribution in [0.1, 0.15) is 20.8 Å². The van der Waals surface area contributed by atoms with Crippen molar-refractivity contribution in [3.8, 4) is 0 Å². The van der Waals surface area contributed by atoms with E-state index in [2.05, 4.69) is 10.6 Å². The summed E-state index contributed by atoms with van der Waals surface area (Å²) in [5, 5.41) is 23.6. The summed E-state index contributed by atoms with van der Waals surface area (Å²) >= 11 is 0. The minimum Gasteiger partial charge on any atom is -0.444 e. The monoisotopic (exact) mass is 282 g/mol. The van der Waals surface area contributed by atoms with E-state index in [4.69, 9.17) is 9.84 Å². The highest BCUT2D eigenvalue weighted by molar-refractivity contribution is 5.85. The molecule has 0 saturated heterocycles. The number of hydrogen-bond acceptors (Lipinski definition) is 5. The normalized spacial score (nSPS) is 12.7. The molecule has 112 valence electrons. The van der Waals surface area contributed by atoms with Crippen molar-refractivity contribution in [3.05, 3.63) is 24.3 Å². The SMILES string of the molecule is CC(C)(C)OC(=O)Nc1cccc(NCC(O)CO)c1. The van der Waals surface area contributed by atoms with Gasteiger partial charge in [0.25, 0.3) is 0 Å². The van der Waals surface area contributed by atoms with E-state index in [-0.39, 0.29) is 13.2 Å². The zero-order valence-electron chi connectivity index (χ0n) is 12.0. The largest absolute Gasteiger partial charge is 0.444 e. The molecule has 1 unspecified atom stereocenters. The van der Waals surface area contributed by atoms with Crippen molar-refractivity contribution >= 4 is 17.5 Å². The Bertz CT molecular complexity index is 443. The third-order valence-corrected chi connectivity index (χ3v) is 2.26. The van der Waals surface area contributed by atoms with Crippen LogP contribution in [0.2, 0.25) is 0 Å². The third-order valence-electron chi connectivity index (χ3n) is 2.26. The first kappa shape index (κ1) is 16.3. The number of aliphatic hydroxyl groups excluding tert-OH is 2. The minimum atomic E-state index is -0.822. The summed E-state index contributed by atoms with van der Waals surface area (Å²) in [6.07, 6.45) is -1.34. The lowest BCUT2D eigenvalue weighted by molar-refractivity contribution is 0.0636. The number of hydrogen-bond donors (Lipinski definition) is 4. The van der Waals surface area contributed by atoms with Gasteiger partial charge in [-0.2, -0.15) is 0 Å². The summed E-state index contributed by atoms with van der Waals surface area (Å²) in [5.74, 6) is 0. The lowest BCUT2D eigenvalue weighted by Gasteiger charge is -2.20. The molecule has 1 aromatic carbocycles. The van der Waals surface area contributed by atoms with Gasteiger partial charge in [-0.3, -0.25) is 5.32 Å². The maximum absolute atomic E-state index is 11.6. The Hall–Kier alpha value is -1.79. The first-order valence-electron chi connectivity index (χ1n) is 6.43. The quantitative estimate of drug-likeness (QED) is 0.661. The molecule has 6 nitrogen and oxygen atoms in total. The molecule has 0 fully saturated rings. The average molecular weight is 282 g/mol. The second-order valence-electron chi connectivity index (χ2n) is 5.42. The van der Waals surface area contributed by atoms with Gasteiger partial charge in [0.1, 0.15) is 5.60 Å². The van der Waals surface area contributed by atoms with E-state index < -0.39 is 17.8 Å². The number of amides is 1. The smallest absolute Gasteiger partial charge is 0.412 e. The molecule has 1 rings (SSSR count). The lowest BCUT2D eigenvalue weighted by atomic mass is 10.2. The van der Waals surface area contributed by atoms with Crippen LogP contribution in [-0.2, 0) is 4.74 Å². The van der Waals surface area contributed by atoms with Crippen molar-refractivity contribution in [3.63, 3.8) is 0 Å². The molecule has 0 heterocycles. The first-order valence-corrected chi connectivity index (χ1v) is 6.43. The van der Waals surface area contributed by atoms with Crippen LogP contribution in [0.25, 0.3) is 0 Å². The topological polar surface area (TPSA) is 90.8 Å². The Balaban J connectivity index is 2.57. The summed E-state index contributed by atoms with van der Waals surface area (Å²) in [6, 6.07) is 7.01. The number of ether oxygens (including phenoxy) is 1. The maximum Gasteiger partial charge on any atom is 0.412 e. The molecule has 20 heavy (non-hydrogen) atoms. The highest BCUT2D eigenvalue weighted by Gasteiger charge is 2.16. The molecule has 0 bridgehead atoms. The van der Waals surface area contributed by atoms with Crippen LogP contribution in [0.3, 0.4) is 0 Å². The van der Waals surface area contributed by atoms with Gasteiger partial charge in [0.05, 0.1) is 12.7 Å². The number of nitrogens with one attached hydrogen (secondary N) is 2. The van der Waals surface area contributed by atoms with Crippen LogP contribution in [0.5, 0.6) is 0 Å². The first-order chi connectivity index (χ1) is 9.30. The number of aliphatic hydroxyl groups is 2. The van der Waals surface area contributed by atoms with Gasteiger partial charge in [-0.15, -0.1) is 0 Å². The van der Waals surface area contributed by atoms with E-state index in [0.717, 1.165) is 5.69 Å². The van der Waals surface area contributed by atoms with E-state index in [0.29, 0.717) is 5.69 Å². The van der Waals surface area contributed by atoms with Crippen LogP contribution in [0.15, 0.2) is 24.3 Å². The predicted molar refractivity (Wildman–Crippen MR) is 77.9 cm³/mol.